The Balaban J connectivity index is 3.34. The Labute approximate surface area is 474 Å². The van der Waals surface area contributed by atoms with Crippen LogP contribution in [0.1, 0.15) is 133 Å². The van der Waals surface area contributed by atoms with Gasteiger partial charge in [0, 0.05) is 12.8 Å². The number of aliphatic carboxylic acids is 1. The minimum absolute atomic E-state index is 0.0245. The molecular weight excluding hydrogens is 1060 g/mol. The van der Waals surface area contributed by atoms with E-state index < -0.39 is 131 Å². The standard InChI is InChI=1S/C54H92N12O13S/c1-28(2)24-39(50(74)59-33(10)46(70)65-42(54(78)79)26-30(5)6)64-51(75)40(25-29(3)4)62-45(69)32(9)58-48(72)38(21-23-80-11)60-49(73)37(19-20-43(57)68)61-53(77)44(31(7)8)66-52(76)41(27-34-15-17-35(67)18-16-34)63-47(71)36(56)14-12-13-22-55/h15-18,28-33,36-42,44,67H,12-14,19-27,55-56H2,1-11H3,(H2,57,68)(H,58,72)(H,59,74)(H,60,73)(H,61,77)(H,62,69)(H,63,71)(H,64,75)(H,65,70)(H,66,76)(H,78,79)/t32-,33-,36-,37-,38-,39-,40-,41-,42-,44-/m0/s1. The van der Waals surface area contributed by atoms with Crippen molar-refractivity contribution in [2.75, 3.05) is 18.6 Å². The Morgan fingerprint density at radius 2 is 0.912 bits per heavy atom. The number of thioether (sulfide) groups is 1. The summed E-state index contributed by atoms with van der Waals surface area (Å²) in [6.07, 6.45) is 2.94. The number of amides is 10. The first-order valence-corrected chi connectivity index (χ1v) is 28.8. The minimum Gasteiger partial charge on any atom is -0.508 e. The summed E-state index contributed by atoms with van der Waals surface area (Å²) in [5, 5.41) is 42.9. The maximum atomic E-state index is 14.1. The number of phenols is 1. The number of unbranched alkanes of at least 4 members (excludes halogenated alkanes) is 1. The highest BCUT2D eigenvalue weighted by atomic mass is 32.2. The summed E-state index contributed by atoms with van der Waals surface area (Å²) in [4.78, 5) is 147. The van der Waals surface area contributed by atoms with E-state index in [-0.39, 0.29) is 68.4 Å². The van der Waals surface area contributed by atoms with Gasteiger partial charge in [-0.25, -0.2) is 4.79 Å². The molecule has 0 aliphatic carbocycles. The first kappa shape index (κ1) is 71.5. The first-order valence-electron chi connectivity index (χ1n) is 27.4. The van der Waals surface area contributed by atoms with Gasteiger partial charge in [0.1, 0.15) is 60.1 Å². The van der Waals surface area contributed by atoms with Crippen LogP contribution in [0.15, 0.2) is 24.3 Å². The van der Waals surface area contributed by atoms with Crippen LogP contribution in [-0.2, 0) is 59.2 Å². The third-order valence-corrected chi connectivity index (χ3v) is 13.3. The van der Waals surface area contributed by atoms with Crippen LogP contribution in [0.2, 0.25) is 0 Å². The van der Waals surface area contributed by atoms with Crippen LogP contribution in [0.5, 0.6) is 5.75 Å². The summed E-state index contributed by atoms with van der Waals surface area (Å²) in [5.41, 5.74) is 17.7. The molecule has 1 aromatic rings. The highest BCUT2D eigenvalue weighted by molar-refractivity contribution is 7.98. The maximum absolute atomic E-state index is 14.1. The number of hydrogen-bond acceptors (Lipinski definition) is 15. The Kier molecular flexibility index (Phi) is 32.8. The van der Waals surface area contributed by atoms with Crippen LogP contribution in [0.25, 0.3) is 0 Å². The monoisotopic (exact) mass is 1150 g/mol. The van der Waals surface area contributed by atoms with Crippen molar-refractivity contribution in [1.29, 1.82) is 0 Å². The number of carbonyl (C=O) groups is 11. The first-order chi connectivity index (χ1) is 37.4. The van der Waals surface area contributed by atoms with Crippen molar-refractivity contribution in [2.24, 2.45) is 40.9 Å². The number of carboxylic acid groups (broad SMARTS) is 1. The fraction of sp³-hybridized carbons (Fsp3) is 0.685. The van der Waals surface area contributed by atoms with Crippen molar-refractivity contribution in [1.82, 2.24) is 47.9 Å². The zero-order chi connectivity index (χ0) is 61.0. The SMILES string of the molecule is CSCC[C@H](NC(=O)[C@H](CCC(N)=O)NC(=O)[C@@H](NC(=O)[C@H](Cc1ccc(O)cc1)NC(=O)[C@@H](N)CCCCN)C(C)C)C(=O)N[C@@H](C)C(=O)N[C@@H](CC(C)C)C(=O)N[C@@H](CC(C)C)C(=O)N[C@@H](C)C(=O)N[C@@H](CC(C)C)C(=O)O. The van der Waals surface area contributed by atoms with E-state index in [2.05, 4.69) is 47.9 Å². The summed E-state index contributed by atoms with van der Waals surface area (Å²) < 4.78 is 0. The van der Waals surface area contributed by atoms with Crippen molar-refractivity contribution in [3.8, 4) is 5.75 Å². The molecule has 0 aromatic heterocycles. The van der Waals surface area contributed by atoms with Crippen molar-refractivity contribution >= 4 is 76.8 Å². The van der Waals surface area contributed by atoms with Gasteiger partial charge in [-0.3, -0.25) is 47.9 Å². The molecule has 25 nitrogen and oxygen atoms in total. The van der Waals surface area contributed by atoms with Gasteiger partial charge in [-0.1, -0.05) is 73.9 Å². The number of carboxylic acids is 1. The lowest BCUT2D eigenvalue weighted by Crippen LogP contribution is -2.61. The molecule has 17 N–H and O–H groups in total. The van der Waals surface area contributed by atoms with Crippen LogP contribution in [0.3, 0.4) is 0 Å². The Morgan fingerprint density at radius 3 is 1.39 bits per heavy atom. The summed E-state index contributed by atoms with van der Waals surface area (Å²) in [6.45, 7) is 17.2. The van der Waals surface area contributed by atoms with E-state index in [9.17, 15) is 63.0 Å². The molecule has 0 saturated carbocycles. The average molecular weight is 1150 g/mol. The molecule has 0 spiro atoms. The van der Waals surface area contributed by atoms with Gasteiger partial charge in [-0.15, -0.1) is 0 Å². The zero-order valence-electron chi connectivity index (χ0n) is 48.4. The van der Waals surface area contributed by atoms with E-state index in [1.807, 2.05) is 13.8 Å². The van der Waals surface area contributed by atoms with Gasteiger partial charge >= 0.3 is 5.97 Å². The number of nitrogens with two attached hydrogens (primary N) is 3. The molecule has 0 aliphatic rings. The third-order valence-electron chi connectivity index (χ3n) is 12.6. The largest absolute Gasteiger partial charge is 0.508 e. The number of rotatable bonds is 38. The van der Waals surface area contributed by atoms with E-state index >= 15 is 0 Å². The number of nitrogens with one attached hydrogen (secondary N) is 9. The van der Waals surface area contributed by atoms with Gasteiger partial charge in [0.15, 0.2) is 0 Å². The van der Waals surface area contributed by atoms with Gasteiger partial charge in [-0.05, 0) is 119 Å². The number of benzene rings is 1. The zero-order valence-corrected chi connectivity index (χ0v) is 49.2. The van der Waals surface area contributed by atoms with Crippen LogP contribution >= 0.6 is 11.8 Å². The molecule has 10 atom stereocenters. The molecule has 0 heterocycles. The molecule has 0 unspecified atom stereocenters. The van der Waals surface area contributed by atoms with Crippen molar-refractivity contribution in [3.63, 3.8) is 0 Å². The Bertz CT molecular complexity index is 2220. The predicted molar refractivity (Wildman–Crippen MR) is 304 cm³/mol. The number of aromatic hydroxyl groups is 1. The molecule has 1 aromatic carbocycles. The van der Waals surface area contributed by atoms with Crippen LogP contribution in [-0.4, -0.2) is 154 Å². The summed E-state index contributed by atoms with van der Waals surface area (Å²) in [5.74, 6) is -9.55. The fourth-order valence-corrected chi connectivity index (χ4v) is 8.57. The molecule has 0 aliphatic heterocycles. The van der Waals surface area contributed by atoms with Gasteiger partial charge in [-0.2, -0.15) is 11.8 Å². The molecule has 80 heavy (non-hydrogen) atoms. The fourth-order valence-electron chi connectivity index (χ4n) is 8.10. The number of carbonyl (C=O) groups excluding carboxylic acids is 10. The normalized spacial score (nSPS) is 15.1. The molecule has 1 rings (SSSR count). The van der Waals surface area contributed by atoms with Crippen LogP contribution in [0.4, 0.5) is 0 Å². The van der Waals surface area contributed by atoms with Crippen LogP contribution in [0, 0.1) is 23.7 Å². The van der Waals surface area contributed by atoms with Crippen molar-refractivity contribution in [2.45, 2.75) is 194 Å². The third kappa shape index (κ3) is 27.6. The molecule has 10 amide bonds. The Hall–Kier alpha value is -6.54. The van der Waals surface area contributed by atoms with E-state index in [0.717, 1.165) is 0 Å². The number of primary amides is 1. The second kappa shape index (κ2) is 36.7. The number of phenolic OH excluding ortho intramolecular Hbond substituents is 1. The molecule has 26 heteroatoms. The quantitative estimate of drug-likeness (QED) is 0.0378. The molecule has 0 fully saturated rings. The lowest BCUT2D eigenvalue weighted by atomic mass is 9.99. The van der Waals surface area contributed by atoms with Gasteiger partial charge in [0.2, 0.25) is 59.1 Å². The summed E-state index contributed by atoms with van der Waals surface area (Å²) >= 11 is 1.35. The van der Waals surface area contributed by atoms with Crippen molar-refractivity contribution in [3.05, 3.63) is 29.8 Å². The second-order valence-electron chi connectivity index (χ2n) is 21.8. The van der Waals surface area contributed by atoms with E-state index in [4.69, 9.17) is 17.2 Å². The number of hydrogen-bond donors (Lipinski definition) is 14. The Morgan fingerprint density at radius 1 is 0.500 bits per heavy atom. The lowest BCUT2D eigenvalue weighted by Gasteiger charge is -2.29. The van der Waals surface area contributed by atoms with Crippen molar-refractivity contribution < 1.29 is 63.0 Å². The highest BCUT2D eigenvalue weighted by Crippen LogP contribution is 2.15. The maximum Gasteiger partial charge on any atom is 0.326 e. The molecule has 452 valence electrons. The van der Waals surface area contributed by atoms with E-state index in [1.165, 1.54) is 37.7 Å². The average Bonchev–Trinajstić information content (AvgIpc) is 3.36. The van der Waals surface area contributed by atoms with E-state index in [0.29, 0.717) is 37.1 Å². The topological polar surface area (TPSA) is 415 Å². The smallest absolute Gasteiger partial charge is 0.326 e. The molecule has 0 radical (unpaired) electrons. The lowest BCUT2D eigenvalue weighted by molar-refractivity contribution is -0.142. The minimum atomic E-state index is -1.48. The second-order valence-corrected chi connectivity index (χ2v) is 22.8. The summed E-state index contributed by atoms with van der Waals surface area (Å²) in [6, 6.07) is -6.40. The molecule has 0 bridgehead atoms. The van der Waals surface area contributed by atoms with E-state index in [1.54, 1.807) is 59.9 Å². The van der Waals surface area contributed by atoms with Crippen LogP contribution < -0.4 is 65.1 Å². The van der Waals surface area contributed by atoms with Gasteiger partial charge in [0.25, 0.3) is 0 Å². The highest BCUT2D eigenvalue weighted by Gasteiger charge is 2.36. The molecule has 0 saturated heterocycles. The van der Waals surface area contributed by atoms with Gasteiger partial charge in [0.05, 0.1) is 6.04 Å². The summed E-state index contributed by atoms with van der Waals surface area (Å²) in [7, 11) is 0. The predicted octanol–water partition coefficient (Wildman–Crippen LogP) is -0.309. The molecular formula is C54H92N12O13S. The van der Waals surface area contributed by atoms with Gasteiger partial charge < -0.3 is 75.3 Å².